The smallest absolute Gasteiger partial charge is 0.335 e. The fraction of sp³-hybridized carbons (Fsp3) is 0.385. The van der Waals surface area contributed by atoms with Crippen LogP contribution in [-0.4, -0.2) is 23.5 Å². The first kappa shape index (κ1) is 11.6. The molecule has 0 aliphatic carbocycles. The summed E-state index contributed by atoms with van der Waals surface area (Å²) in [5.41, 5.74) is 2.06. The molecule has 0 bridgehead atoms. The number of anilines is 1. The second kappa shape index (κ2) is 4.57. The Morgan fingerprint density at radius 2 is 2.18 bits per heavy atom. The molecule has 0 spiro atoms. The van der Waals surface area contributed by atoms with E-state index in [4.69, 9.17) is 5.11 Å². The summed E-state index contributed by atoms with van der Waals surface area (Å²) in [6.45, 7) is 2.62. The predicted molar refractivity (Wildman–Crippen MR) is 64.4 cm³/mol. The summed E-state index contributed by atoms with van der Waals surface area (Å²) in [5, 5.41) is 8.94. The quantitative estimate of drug-likeness (QED) is 0.869. The van der Waals surface area contributed by atoms with Crippen LogP contribution in [0.1, 0.15) is 35.7 Å². The first-order valence-corrected chi connectivity index (χ1v) is 5.80. The lowest BCUT2D eigenvalue weighted by Crippen LogP contribution is -2.28. The molecule has 0 aromatic heterocycles. The van der Waals surface area contributed by atoms with Gasteiger partial charge in [0.05, 0.1) is 5.56 Å². The lowest BCUT2D eigenvalue weighted by molar-refractivity contribution is -0.118. The van der Waals surface area contributed by atoms with E-state index in [0.29, 0.717) is 13.0 Å². The summed E-state index contributed by atoms with van der Waals surface area (Å²) < 4.78 is 0. The normalized spacial score (nSPS) is 13.6. The molecule has 90 valence electrons. The molecule has 1 aliphatic heterocycles. The van der Waals surface area contributed by atoms with E-state index < -0.39 is 5.97 Å². The van der Waals surface area contributed by atoms with E-state index in [1.54, 1.807) is 23.1 Å². The molecule has 0 unspecified atom stereocenters. The average molecular weight is 233 g/mol. The molecule has 0 fully saturated rings. The minimum Gasteiger partial charge on any atom is -0.478 e. The summed E-state index contributed by atoms with van der Waals surface area (Å²) >= 11 is 0. The highest BCUT2D eigenvalue weighted by atomic mass is 16.4. The molecule has 4 heteroatoms. The number of rotatable bonds is 3. The maximum atomic E-state index is 11.9. The van der Waals surface area contributed by atoms with Crippen molar-refractivity contribution in [3.05, 3.63) is 29.3 Å². The Bertz CT molecular complexity index is 468. The van der Waals surface area contributed by atoms with Crippen molar-refractivity contribution in [2.75, 3.05) is 11.4 Å². The second-order valence-electron chi connectivity index (χ2n) is 4.19. The van der Waals surface area contributed by atoms with Gasteiger partial charge in [-0.1, -0.05) is 13.0 Å². The molecule has 2 rings (SSSR count). The van der Waals surface area contributed by atoms with E-state index in [9.17, 15) is 9.59 Å². The number of carbonyl (C=O) groups excluding carboxylic acids is 1. The van der Waals surface area contributed by atoms with Gasteiger partial charge in [-0.25, -0.2) is 4.79 Å². The maximum Gasteiger partial charge on any atom is 0.335 e. The molecule has 0 radical (unpaired) electrons. The van der Waals surface area contributed by atoms with Gasteiger partial charge in [0.2, 0.25) is 5.91 Å². The third-order valence-electron chi connectivity index (χ3n) is 2.99. The predicted octanol–water partition coefficient (Wildman–Crippen LogP) is 2.07. The highest BCUT2D eigenvalue weighted by Gasteiger charge is 2.24. The van der Waals surface area contributed by atoms with Gasteiger partial charge in [-0.2, -0.15) is 0 Å². The molecule has 17 heavy (non-hydrogen) atoms. The largest absolute Gasteiger partial charge is 0.478 e. The van der Waals surface area contributed by atoms with Crippen molar-refractivity contribution in [3.63, 3.8) is 0 Å². The molecule has 1 amide bonds. The Morgan fingerprint density at radius 1 is 1.41 bits per heavy atom. The lowest BCUT2D eigenvalue weighted by atomic mass is 10.1. The van der Waals surface area contributed by atoms with Crippen molar-refractivity contribution < 1.29 is 14.7 Å². The highest BCUT2D eigenvalue weighted by molar-refractivity contribution is 5.97. The lowest BCUT2D eigenvalue weighted by Gasteiger charge is -2.17. The van der Waals surface area contributed by atoms with Crippen molar-refractivity contribution >= 4 is 17.6 Å². The van der Waals surface area contributed by atoms with Gasteiger partial charge in [0.15, 0.2) is 0 Å². The van der Waals surface area contributed by atoms with Gasteiger partial charge in [-0.05, 0) is 30.5 Å². The fourth-order valence-electron chi connectivity index (χ4n) is 2.12. The minimum atomic E-state index is -0.956. The molecule has 1 aliphatic rings. The zero-order chi connectivity index (χ0) is 12.4. The van der Waals surface area contributed by atoms with Crippen LogP contribution in [-0.2, 0) is 11.2 Å². The van der Waals surface area contributed by atoms with Crippen molar-refractivity contribution in [2.24, 2.45) is 0 Å². The van der Waals surface area contributed by atoms with Crippen LogP contribution in [0.4, 0.5) is 5.69 Å². The van der Waals surface area contributed by atoms with E-state index >= 15 is 0 Å². The number of carboxylic acids is 1. The average Bonchev–Trinajstić information content (AvgIpc) is 2.71. The topological polar surface area (TPSA) is 57.6 Å². The first-order valence-electron chi connectivity index (χ1n) is 5.80. The summed E-state index contributed by atoms with van der Waals surface area (Å²) in [4.78, 5) is 24.5. The zero-order valence-electron chi connectivity index (χ0n) is 9.77. The summed E-state index contributed by atoms with van der Waals surface area (Å²) in [5.74, 6) is -0.878. The number of benzene rings is 1. The fourth-order valence-corrected chi connectivity index (χ4v) is 2.12. The molecule has 1 heterocycles. The van der Waals surface area contributed by atoms with Crippen LogP contribution in [0.3, 0.4) is 0 Å². The van der Waals surface area contributed by atoms with Crippen LogP contribution >= 0.6 is 0 Å². The van der Waals surface area contributed by atoms with Gasteiger partial charge < -0.3 is 10.0 Å². The Balaban J connectivity index is 2.32. The Morgan fingerprint density at radius 3 is 2.82 bits per heavy atom. The van der Waals surface area contributed by atoms with Crippen molar-refractivity contribution in [1.82, 2.24) is 0 Å². The van der Waals surface area contributed by atoms with Crippen molar-refractivity contribution in [2.45, 2.75) is 26.2 Å². The molecule has 0 saturated heterocycles. The molecule has 1 N–H and O–H groups in total. The Labute approximate surface area is 99.9 Å². The Hall–Kier alpha value is -1.84. The summed E-state index contributed by atoms with van der Waals surface area (Å²) in [7, 11) is 0. The number of carbonyl (C=O) groups is 2. The molecule has 0 saturated carbocycles. The highest BCUT2D eigenvalue weighted by Crippen LogP contribution is 2.29. The molecular formula is C13H15NO3. The number of nitrogens with zero attached hydrogens (tertiary/aromatic N) is 1. The van der Waals surface area contributed by atoms with Gasteiger partial charge in [0, 0.05) is 18.7 Å². The van der Waals surface area contributed by atoms with E-state index in [0.717, 1.165) is 24.1 Å². The third kappa shape index (κ3) is 2.16. The number of fused-ring (bicyclic) bond motifs is 1. The monoisotopic (exact) mass is 233 g/mol. The van der Waals surface area contributed by atoms with Gasteiger partial charge in [-0.15, -0.1) is 0 Å². The van der Waals surface area contributed by atoms with Crippen LogP contribution in [0.5, 0.6) is 0 Å². The Kier molecular flexibility index (Phi) is 3.13. The molecule has 1 aromatic rings. The molecular weight excluding hydrogens is 218 g/mol. The second-order valence-corrected chi connectivity index (χ2v) is 4.19. The first-order chi connectivity index (χ1) is 8.13. The van der Waals surface area contributed by atoms with Crippen LogP contribution < -0.4 is 4.90 Å². The molecule has 1 aromatic carbocycles. The van der Waals surface area contributed by atoms with Crippen LogP contribution in [0.15, 0.2) is 18.2 Å². The number of amides is 1. The van der Waals surface area contributed by atoms with Crippen LogP contribution in [0, 0.1) is 0 Å². The number of carboxylic acid groups (broad SMARTS) is 1. The number of aromatic carboxylic acids is 1. The van der Waals surface area contributed by atoms with Crippen molar-refractivity contribution in [3.8, 4) is 0 Å². The van der Waals surface area contributed by atoms with E-state index in [1.807, 2.05) is 6.92 Å². The van der Waals surface area contributed by atoms with E-state index in [2.05, 4.69) is 0 Å². The third-order valence-corrected chi connectivity index (χ3v) is 2.99. The van der Waals surface area contributed by atoms with Gasteiger partial charge in [-0.3, -0.25) is 4.79 Å². The molecule has 4 nitrogen and oxygen atoms in total. The minimum absolute atomic E-state index is 0.0776. The molecule has 0 atom stereocenters. The standard InChI is InChI=1S/C13H15NO3/c1-2-3-12(15)14-7-6-9-4-5-10(13(16)17)8-11(9)14/h4-5,8H,2-3,6-7H2,1H3,(H,16,17). The van der Waals surface area contributed by atoms with Crippen molar-refractivity contribution in [1.29, 1.82) is 0 Å². The SMILES string of the molecule is CCCC(=O)N1CCc2ccc(C(=O)O)cc21. The van der Waals surface area contributed by atoms with Gasteiger partial charge >= 0.3 is 5.97 Å². The van der Waals surface area contributed by atoms with Gasteiger partial charge in [0.1, 0.15) is 0 Å². The summed E-state index contributed by atoms with van der Waals surface area (Å²) in [6, 6.07) is 4.99. The maximum absolute atomic E-state index is 11.9. The zero-order valence-corrected chi connectivity index (χ0v) is 9.77. The van der Waals surface area contributed by atoms with E-state index in [-0.39, 0.29) is 11.5 Å². The summed E-state index contributed by atoms with van der Waals surface area (Å²) in [6.07, 6.45) is 2.13. The van der Waals surface area contributed by atoms with E-state index in [1.165, 1.54) is 0 Å². The van der Waals surface area contributed by atoms with Crippen LogP contribution in [0.25, 0.3) is 0 Å². The van der Waals surface area contributed by atoms with Crippen LogP contribution in [0.2, 0.25) is 0 Å². The number of hydrogen-bond donors (Lipinski definition) is 1. The van der Waals surface area contributed by atoms with Gasteiger partial charge in [0.25, 0.3) is 0 Å². The number of hydrogen-bond acceptors (Lipinski definition) is 2.